The zero-order valence-corrected chi connectivity index (χ0v) is 15.6. The smallest absolute Gasteiger partial charge is 0.147 e. The lowest BCUT2D eigenvalue weighted by Crippen LogP contribution is -2.47. The van der Waals surface area contributed by atoms with Gasteiger partial charge in [-0.05, 0) is 63.3 Å². The highest BCUT2D eigenvalue weighted by atomic mass is 19.1. The number of anilines is 2. The first-order valence-corrected chi connectivity index (χ1v) is 9.50. The number of halogens is 1. The summed E-state index contributed by atoms with van der Waals surface area (Å²) in [6.07, 6.45) is 3.54. The molecule has 0 aromatic heterocycles. The van der Waals surface area contributed by atoms with Crippen LogP contribution >= 0.6 is 0 Å². The molecule has 0 amide bonds. The quantitative estimate of drug-likeness (QED) is 0.818. The third-order valence-corrected chi connectivity index (χ3v) is 6.23. The minimum atomic E-state index is -0.0972. The number of nitrogens with zero attached hydrogens (tertiary/aromatic N) is 3. The average molecular weight is 347 g/mol. The van der Waals surface area contributed by atoms with Gasteiger partial charge in [0.15, 0.2) is 0 Å². The molecule has 0 radical (unpaired) electrons. The first kappa shape index (κ1) is 17.1. The van der Waals surface area contributed by atoms with E-state index in [0.717, 1.165) is 43.0 Å². The van der Waals surface area contributed by atoms with Crippen molar-refractivity contribution >= 4 is 11.4 Å². The Labute approximate surface area is 149 Å². The van der Waals surface area contributed by atoms with Crippen molar-refractivity contribution in [2.45, 2.75) is 51.7 Å². The Bertz CT molecular complexity index is 660. The molecule has 2 aliphatic heterocycles. The van der Waals surface area contributed by atoms with E-state index in [1.54, 1.807) is 11.1 Å². The maximum Gasteiger partial charge on any atom is 0.147 e. The van der Waals surface area contributed by atoms with E-state index in [1.165, 1.54) is 18.5 Å². The van der Waals surface area contributed by atoms with E-state index in [2.05, 4.69) is 29.0 Å². The minimum Gasteiger partial charge on any atom is -0.369 e. The molecule has 2 heterocycles. The zero-order chi connectivity index (χ0) is 17.7. The topological polar surface area (TPSA) is 47.8 Å². The fourth-order valence-corrected chi connectivity index (χ4v) is 4.58. The summed E-state index contributed by atoms with van der Waals surface area (Å²) >= 11 is 0. The minimum absolute atomic E-state index is 0.0972. The van der Waals surface area contributed by atoms with Crippen LogP contribution in [-0.4, -0.2) is 43.9 Å². The Morgan fingerprint density at radius 3 is 2.72 bits per heavy atom. The number of rotatable bonds is 4. The molecule has 0 unspecified atom stereocenters. The van der Waals surface area contributed by atoms with Crippen molar-refractivity contribution in [1.29, 1.82) is 0 Å². The van der Waals surface area contributed by atoms with Gasteiger partial charge in [0, 0.05) is 37.4 Å². The van der Waals surface area contributed by atoms with Gasteiger partial charge in [0.25, 0.3) is 0 Å². The number of nitrogens with two attached hydrogens (primary N) is 1. The molecule has 0 spiro atoms. The summed E-state index contributed by atoms with van der Waals surface area (Å²) in [6.45, 7) is 7.52. The molecule has 1 aromatic carbocycles. The van der Waals surface area contributed by atoms with Crippen molar-refractivity contribution < 1.29 is 4.39 Å². The van der Waals surface area contributed by atoms with E-state index >= 15 is 4.39 Å². The summed E-state index contributed by atoms with van der Waals surface area (Å²) in [5, 5.41) is 5.14. The predicted octanol–water partition coefficient (Wildman–Crippen LogP) is 2.18. The maximum absolute atomic E-state index is 15.0. The lowest BCUT2D eigenvalue weighted by Gasteiger charge is -2.39. The van der Waals surface area contributed by atoms with Crippen molar-refractivity contribution in [2.24, 2.45) is 11.8 Å². The van der Waals surface area contributed by atoms with E-state index in [4.69, 9.17) is 5.84 Å². The first-order chi connectivity index (χ1) is 12.0. The molecule has 25 heavy (non-hydrogen) atoms. The molecule has 5 nitrogen and oxygen atoms in total. The van der Waals surface area contributed by atoms with Crippen LogP contribution in [0.3, 0.4) is 0 Å². The second-order valence-electron chi connectivity index (χ2n) is 8.00. The fourth-order valence-electron chi connectivity index (χ4n) is 4.58. The van der Waals surface area contributed by atoms with Gasteiger partial charge in [0.1, 0.15) is 5.82 Å². The Hall–Kier alpha value is -1.37. The molecule has 1 aliphatic carbocycles. The number of hydrazine groups is 1. The van der Waals surface area contributed by atoms with E-state index in [9.17, 15) is 0 Å². The van der Waals surface area contributed by atoms with E-state index < -0.39 is 0 Å². The molecule has 3 aliphatic rings. The van der Waals surface area contributed by atoms with Crippen LogP contribution in [0.25, 0.3) is 0 Å². The van der Waals surface area contributed by atoms with Gasteiger partial charge in [-0.3, -0.25) is 5.84 Å². The van der Waals surface area contributed by atoms with E-state index in [0.29, 0.717) is 24.5 Å². The Kier molecular flexibility index (Phi) is 4.38. The Morgan fingerprint density at radius 2 is 2.04 bits per heavy atom. The van der Waals surface area contributed by atoms with Crippen molar-refractivity contribution in [3.05, 3.63) is 23.0 Å². The molecule has 3 N–H and O–H groups in total. The summed E-state index contributed by atoms with van der Waals surface area (Å²) in [4.78, 5) is 4.64. The number of hydrogen-bond donors (Lipinski definition) is 2. The standard InChI is InChI=1S/C19H30FN5/c1-12-18-15(10-24(21)11-25(18)16-4-5-16)8-17(20)19(12)23-7-6-14(9-23)13(2)22-3/h8,13-14,16,22H,4-7,9-11,21H2,1-3H3/t13-,14+/m0/s1. The third-order valence-electron chi connectivity index (χ3n) is 6.23. The van der Waals surface area contributed by atoms with E-state index in [-0.39, 0.29) is 5.82 Å². The zero-order valence-electron chi connectivity index (χ0n) is 15.6. The molecule has 1 aromatic rings. The molecular weight excluding hydrogens is 317 g/mol. The monoisotopic (exact) mass is 347 g/mol. The van der Waals surface area contributed by atoms with E-state index in [1.807, 2.05) is 7.05 Å². The van der Waals surface area contributed by atoms with Crippen LogP contribution in [0.2, 0.25) is 0 Å². The Morgan fingerprint density at radius 1 is 1.28 bits per heavy atom. The van der Waals surface area contributed by atoms with Crippen LogP contribution < -0.4 is 21.0 Å². The summed E-state index contributed by atoms with van der Waals surface area (Å²) in [6, 6.07) is 2.75. The molecule has 4 rings (SSSR count). The summed E-state index contributed by atoms with van der Waals surface area (Å²) in [5.41, 5.74) is 4.15. The second-order valence-corrected chi connectivity index (χ2v) is 8.00. The first-order valence-electron chi connectivity index (χ1n) is 9.50. The molecule has 2 atom stereocenters. The van der Waals surface area contributed by atoms with Crippen LogP contribution in [0.15, 0.2) is 6.07 Å². The number of hydrogen-bond acceptors (Lipinski definition) is 5. The molecule has 2 fully saturated rings. The van der Waals surface area contributed by atoms with Crippen molar-refractivity contribution in [2.75, 3.05) is 36.6 Å². The van der Waals surface area contributed by atoms with Gasteiger partial charge in [-0.2, -0.15) is 0 Å². The normalized spacial score (nSPS) is 25.4. The lowest BCUT2D eigenvalue weighted by atomic mass is 10.00. The molecular formula is C19H30FN5. The van der Waals surface area contributed by atoms with Crippen molar-refractivity contribution in [3.8, 4) is 0 Å². The molecule has 1 saturated heterocycles. The molecule has 1 saturated carbocycles. The van der Waals surface area contributed by atoms with Crippen LogP contribution in [-0.2, 0) is 6.54 Å². The van der Waals surface area contributed by atoms with Crippen LogP contribution in [0.1, 0.15) is 37.3 Å². The highest BCUT2D eigenvalue weighted by Gasteiger charge is 2.37. The maximum atomic E-state index is 15.0. The summed E-state index contributed by atoms with van der Waals surface area (Å²) in [7, 11) is 2.00. The van der Waals surface area contributed by atoms with Gasteiger partial charge in [0.2, 0.25) is 0 Å². The van der Waals surface area contributed by atoms with Gasteiger partial charge >= 0.3 is 0 Å². The second kappa shape index (κ2) is 6.41. The predicted molar refractivity (Wildman–Crippen MR) is 100 cm³/mol. The number of fused-ring (bicyclic) bond motifs is 1. The molecule has 6 heteroatoms. The third kappa shape index (κ3) is 3.00. The summed E-state index contributed by atoms with van der Waals surface area (Å²) < 4.78 is 15.0. The van der Waals surface area contributed by atoms with Crippen molar-refractivity contribution in [1.82, 2.24) is 10.3 Å². The lowest BCUT2D eigenvalue weighted by molar-refractivity contribution is 0.258. The van der Waals surface area contributed by atoms with Gasteiger partial charge < -0.3 is 15.1 Å². The SMILES string of the molecule is CN[C@@H](C)[C@@H]1CCN(c2c(F)cc3c(c2C)N(C2CC2)CN(N)C3)C1. The Balaban J connectivity index is 1.69. The van der Waals surface area contributed by atoms with Gasteiger partial charge in [0.05, 0.1) is 12.4 Å². The highest BCUT2D eigenvalue weighted by molar-refractivity contribution is 5.73. The van der Waals surface area contributed by atoms with Crippen LogP contribution in [0.4, 0.5) is 15.8 Å². The highest BCUT2D eigenvalue weighted by Crippen LogP contribution is 2.43. The van der Waals surface area contributed by atoms with Gasteiger partial charge in [-0.1, -0.05) is 0 Å². The average Bonchev–Trinajstić information content (AvgIpc) is 3.31. The molecule has 138 valence electrons. The largest absolute Gasteiger partial charge is 0.369 e. The summed E-state index contributed by atoms with van der Waals surface area (Å²) in [5.74, 6) is 6.56. The van der Waals surface area contributed by atoms with Crippen molar-refractivity contribution in [3.63, 3.8) is 0 Å². The van der Waals surface area contributed by atoms with Crippen LogP contribution in [0, 0.1) is 18.7 Å². The van der Waals surface area contributed by atoms with Gasteiger partial charge in [-0.15, -0.1) is 0 Å². The number of nitrogens with one attached hydrogen (secondary N) is 1. The fraction of sp³-hybridized carbons (Fsp3) is 0.684. The van der Waals surface area contributed by atoms with Crippen LogP contribution in [0.5, 0.6) is 0 Å². The van der Waals surface area contributed by atoms with Gasteiger partial charge in [-0.25, -0.2) is 9.40 Å². The molecule has 0 bridgehead atoms. The number of benzene rings is 1.